The van der Waals surface area contributed by atoms with Crippen LogP contribution in [0, 0.1) is 17.8 Å². The van der Waals surface area contributed by atoms with E-state index in [9.17, 15) is 9.90 Å². The second-order valence-corrected chi connectivity index (χ2v) is 13.3. The van der Waals surface area contributed by atoms with Crippen LogP contribution in [0.4, 0.5) is 0 Å². The summed E-state index contributed by atoms with van der Waals surface area (Å²) in [7, 11) is 0. The molecule has 3 heterocycles. The minimum Gasteiger partial charge on any atom is -0.392 e. The van der Waals surface area contributed by atoms with E-state index in [4.69, 9.17) is 0 Å². The summed E-state index contributed by atoms with van der Waals surface area (Å²) in [5.74, 6) is 1.66. The van der Waals surface area contributed by atoms with E-state index >= 15 is 0 Å². The number of rotatable bonds is 12. The number of hydrogen-bond donors (Lipinski definition) is 9. The Labute approximate surface area is 247 Å². The molecule has 0 aromatic carbocycles. The number of nitrogens with one attached hydrogen (secondary N) is 8. The summed E-state index contributed by atoms with van der Waals surface area (Å²) in [5, 5.41) is 31.8. The van der Waals surface area contributed by atoms with Crippen molar-refractivity contribution in [1.82, 2.24) is 47.7 Å². The predicted molar refractivity (Wildman–Crippen MR) is 163 cm³/mol. The first-order valence-corrected chi connectivity index (χ1v) is 17.0. The monoisotopic (exact) mass is 577 g/mol. The molecule has 0 bridgehead atoms. The number of aliphatic hydroxyl groups is 1. The summed E-state index contributed by atoms with van der Waals surface area (Å²) < 4.78 is 0. The molecule has 0 aromatic heterocycles. The van der Waals surface area contributed by atoms with E-state index in [-0.39, 0.29) is 36.3 Å². The zero-order valence-corrected chi connectivity index (χ0v) is 25.4. The lowest BCUT2D eigenvalue weighted by Crippen LogP contribution is -2.60. The van der Waals surface area contributed by atoms with E-state index in [2.05, 4.69) is 54.6 Å². The highest BCUT2D eigenvalue weighted by molar-refractivity contribution is 5.78. The molecule has 2 aliphatic carbocycles. The molecule has 11 nitrogen and oxygen atoms in total. The highest BCUT2D eigenvalue weighted by Gasteiger charge is 2.38. The summed E-state index contributed by atoms with van der Waals surface area (Å²) >= 11 is 0. The molecule has 3 aliphatic heterocycles. The van der Waals surface area contributed by atoms with Crippen LogP contribution < -0.4 is 42.8 Å². The Morgan fingerprint density at radius 2 is 1.80 bits per heavy atom. The number of hydrogen-bond acceptors (Lipinski definition) is 10. The van der Waals surface area contributed by atoms with Crippen molar-refractivity contribution < 1.29 is 9.90 Å². The topological polar surface area (TPSA) is 137 Å². The molecule has 3 saturated heterocycles. The summed E-state index contributed by atoms with van der Waals surface area (Å²) in [5.41, 5.74) is 7.18. The van der Waals surface area contributed by atoms with Gasteiger partial charge in [0.25, 0.3) is 0 Å². The van der Waals surface area contributed by atoms with Crippen LogP contribution >= 0.6 is 0 Å². The third-order valence-corrected chi connectivity index (χ3v) is 10.6. The second kappa shape index (κ2) is 16.3. The van der Waals surface area contributed by atoms with Crippen molar-refractivity contribution in [3.8, 4) is 0 Å². The Kier molecular flexibility index (Phi) is 12.5. The zero-order valence-electron chi connectivity index (χ0n) is 25.4. The van der Waals surface area contributed by atoms with Crippen molar-refractivity contribution in [3.63, 3.8) is 0 Å². The van der Waals surface area contributed by atoms with E-state index in [1.165, 1.54) is 12.8 Å². The van der Waals surface area contributed by atoms with Crippen molar-refractivity contribution in [2.24, 2.45) is 17.8 Å². The molecule has 2 saturated carbocycles. The van der Waals surface area contributed by atoms with Crippen molar-refractivity contribution in [2.45, 2.75) is 114 Å². The highest BCUT2D eigenvalue weighted by atomic mass is 16.3. The number of aliphatic hydroxyl groups excluding tert-OH is 1. The van der Waals surface area contributed by atoms with Crippen molar-refractivity contribution in [1.29, 1.82) is 0 Å². The first kappa shape index (κ1) is 31.5. The second-order valence-electron chi connectivity index (χ2n) is 13.3. The fourth-order valence-electron chi connectivity index (χ4n) is 7.98. The molecule has 41 heavy (non-hydrogen) atoms. The molecular formula is C30H59N9O2. The van der Waals surface area contributed by atoms with Gasteiger partial charge in [-0.2, -0.15) is 0 Å². The third kappa shape index (κ3) is 8.83. The molecule has 11 heteroatoms. The highest BCUT2D eigenvalue weighted by Crippen LogP contribution is 2.26. The molecule has 0 radical (unpaired) electrons. The average Bonchev–Trinajstić information content (AvgIpc) is 3.43. The molecule has 9 N–H and O–H groups in total. The summed E-state index contributed by atoms with van der Waals surface area (Å²) in [4.78, 5) is 15.7. The first-order valence-electron chi connectivity index (χ1n) is 17.0. The smallest absolute Gasteiger partial charge is 0.223 e. The van der Waals surface area contributed by atoms with E-state index < -0.39 is 0 Å². The lowest BCUT2D eigenvalue weighted by Gasteiger charge is -2.37. The van der Waals surface area contributed by atoms with Crippen LogP contribution in [0.15, 0.2) is 0 Å². The number of nitrogens with zero attached hydrogens (tertiary/aromatic N) is 1. The number of piperidine rings is 1. The average molecular weight is 578 g/mol. The molecule has 5 rings (SSSR count). The van der Waals surface area contributed by atoms with Gasteiger partial charge in [0.2, 0.25) is 5.91 Å². The Bertz CT molecular complexity index is 785. The largest absolute Gasteiger partial charge is 0.392 e. The molecule has 0 spiro atoms. The van der Waals surface area contributed by atoms with Gasteiger partial charge < -0.3 is 31.7 Å². The molecular weight excluding hydrogens is 518 g/mol. The lowest BCUT2D eigenvalue weighted by atomic mass is 9.83. The van der Waals surface area contributed by atoms with Crippen LogP contribution in [0.25, 0.3) is 0 Å². The van der Waals surface area contributed by atoms with Gasteiger partial charge in [-0.3, -0.25) is 15.0 Å². The SMILES string of the molecule is CCC1CNCCC1CNC(=O)C1CCCC(NCC2NNC(C3CCNCN3)N2CCNC2CCCCC2O)C1. The van der Waals surface area contributed by atoms with Crippen LogP contribution in [-0.2, 0) is 4.79 Å². The van der Waals surface area contributed by atoms with Gasteiger partial charge in [0.1, 0.15) is 0 Å². The molecule has 9 unspecified atom stereocenters. The van der Waals surface area contributed by atoms with Crippen LogP contribution in [0.2, 0.25) is 0 Å². The van der Waals surface area contributed by atoms with Crippen molar-refractivity contribution in [3.05, 3.63) is 0 Å². The Balaban J connectivity index is 1.09. The molecule has 1 amide bonds. The minimum absolute atomic E-state index is 0.117. The standard InChI is InChI=1S/C30H59N9O2/c1-2-21-17-31-12-10-23(21)18-35-30(41)22-6-5-7-24(16-22)34-19-28-37-38-29(26-11-13-32-20-36-26)39(28)15-14-33-25-8-3-4-9-27(25)40/h21-29,31-34,36-38,40H,2-20H2,1H3,(H,35,41). The maximum atomic E-state index is 13.2. The maximum absolute atomic E-state index is 13.2. The van der Waals surface area contributed by atoms with E-state index in [1.807, 2.05) is 0 Å². The van der Waals surface area contributed by atoms with Gasteiger partial charge in [-0.1, -0.05) is 32.6 Å². The van der Waals surface area contributed by atoms with E-state index in [1.54, 1.807) is 0 Å². The Morgan fingerprint density at radius 1 is 0.927 bits per heavy atom. The lowest BCUT2D eigenvalue weighted by molar-refractivity contribution is -0.126. The number of hydrazine groups is 1. The van der Waals surface area contributed by atoms with Gasteiger partial charge in [0.05, 0.1) is 18.4 Å². The molecule has 236 valence electrons. The van der Waals surface area contributed by atoms with E-state index in [0.717, 1.165) is 110 Å². The van der Waals surface area contributed by atoms with Gasteiger partial charge >= 0.3 is 0 Å². The molecule has 0 aromatic rings. The van der Waals surface area contributed by atoms with Gasteiger partial charge in [-0.05, 0) is 76.4 Å². The van der Waals surface area contributed by atoms with Gasteiger partial charge in [-0.25, -0.2) is 10.9 Å². The summed E-state index contributed by atoms with van der Waals surface area (Å²) in [6, 6.07) is 0.966. The van der Waals surface area contributed by atoms with Crippen molar-refractivity contribution >= 4 is 5.91 Å². The fourth-order valence-corrected chi connectivity index (χ4v) is 7.98. The quantitative estimate of drug-likeness (QED) is 0.153. The number of carbonyl (C=O) groups is 1. The third-order valence-electron chi connectivity index (χ3n) is 10.6. The van der Waals surface area contributed by atoms with Crippen LogP contribution in [0.5, 0.6) is 0 Å². The molecule has 5 fully saturated rings. The maximum Gasteiger partial charge on any atom is 0.223 e. The Hall–Kier alpha value is -0.890. The fraction of sp³-hybridized carbons (Fsp3) is 0.967. The molecule has 9 atom stereocenters. The van der Waals surface area contributed by atoms with Gasteiger partial charge in [-0.15, -0.1) is 0 Å². The normalized spacial score (nSPS) is 39.0. The summed E-state index contributed by atoms with van der Waals surface area (Å²) in [6.07, 6.45) is 12.1. The van der Waals surface area contributed by atoms with Crippen LogP contribution in [-0.4, -0.2) is 105 Å². The number of carbonyl (C=O) groups excluding carboxylic acids is 1. The van der Waals surface area contributed by atoms with Crippen LogP contribution in [0.3, 0.4) is 0 Å². The van der Waals surface area contributed by atoms with Gasteiger partial charge in [0, 0.05) is 56.9 Å². The van der Waals surface area contributed by atoms with E-state index in [0.29, 0.717) is 23.9 Å². The first-order chi connectivity index (χ1) is 20.1. The summed E-state index contributed by atoms with van der Waals surface area (Å²) in [6.45, 7) is 9.74. The molecule has 5 aliphatic rings. The minimum atomic E-state index is -0.220. The predicted octanol–water partition coefficient (Wildman–Crippen LogP) is -0.249. The van der Waals surface area contributed by atoms with Gasteiger partial charge in [0.15, 0.2) is 0 Å². The van der Waals surface area contributed by atoms with Crippen molar-refractivity contribution in [2.75, 3.05) is 52.5 Å². The van der Waals surface area contributed by atoms with Crippen LogP contribution in [0.1, 0.15) is 77.6 Å². The zero-order chi connectivity index (χ0) is 28.4. The number of amides is 1. The Morgan fingerprint density at radius 3 is 2.63 bits per heavy atom.